The smallest absolute Gasteiger partial charge is 0.124 e. The summed E-state index contributed by atoms with van der Waals surface area (Å²) in [6, 6.07) is 5.98. The zero-order chi connectivity index (χ0) is 12.5. The minimum atomic E-state index is 0.479. The Morgan fingerprint density at radius 2 is 1.88 bits per heavy atom. The fourth-order valence-corrected chi connectivity index (χ4v) is 2.02. The second kappa shape index (κ2) is 8.66. The van der Waals surface area contributed by atoms with Crippen LogP contribution in [-0.2, 0) is 11.8 Å². The number of benzene rings is 1. The highest BCUT2D eigenvalue weighted by Gasteiger charge is 2.04. The molecule has 1 aromatic carbocycles. The third-order valence-electron chi connectivity index (χ3n) is 2.69. The van der Waals surface area contributed by atoms with Gasteiger partial charge in [0.2, 0.25) is 0 Å². The van der Waals surface area contributed by atoms with Gasteiger partial charge in [0, 0.05) is 11.4 Å². The molecule has 0 aliphatic rings. The highest BCUT2D eigenvalue weighted by Crippen LogP contribution is 2.23. The highest BCUT2D eigenvalue weighted by atomic mass is 35.5. The molecule has 0 aliphatic heterocycles. The van der Waals surface area contributed by atoms with Gasteiger partial charge in [0.15, 0.2) is 0 Å². The van der Waals surface area contributed by atoms with Crippen molar-refractivity contribution in [2.45, 2.75) is 44.4 Å². The molecule has 1 nitrogen and oxygen atoms in total. The summed E-state index contributed by atoms with van der Waals surface area (Å²) in [4.78, 5) is 0. The number of ether oxygens (including phenoxy) is 1. The third-order valence-corrected chi connectivity index (χ3v) is 3.28. The molecule has 0 saturated heterocycles. The lowest BCUT2D eigenvalue weighted by atomic mass is 10.1. The van der Waals surface area contributed by atoms with Gasteiger partial charge in [-0.3, -0.25) is 0 Å². The van der Waals surface area contributed by atoms with E-state index in [4.69, 9.17) is 27.9 Å². The van der Waals surface area contributed by atoms with Crippen molar-refractivity contribution in [1.82, 2.24) is 0 Å². The molecule has 0 aromatic heterocycles. The Hall–Kier alpha value is -0.400. The fourth-order valence-electron chi connectivity index (χ4n) is 1.64. The molecule has 0 amide bonds. The van der Waals surface area contributed by atoms with Crippen LogP contribution in [0, 0.1) is 0 Å². The van der Waals surface area contributed by atoms with Gasteiger partial charge in [-0.15, -0.1) is 23.2 Å². The molecule has 0 fully saturated rings. The predicted molar refractivity (Wildman–Crippen MR) is 75.2 cm³/mol. The molecule has 0 spiro atoms. The van der Waals surface area contributed by atoms with Crippen molar-refractivity contribution in [1.29, 1.82) is 0 Å². The molecule has 0 radical (unpaired) electrons. The van der Waals surface area contributed by atoms with Gasteiger partial charge in [0.05, 0.1) is 12.5 Å². The van der Waals surface area contributed by atoms with E-state index in [-0.39, 0.29) is 0 Å². The lowest BCUT2D eigenvalue weighted by molar-refractivity contribution is 0.302. The van der Waals surface area contributed by atoms with Crippen LogP contribution in [-0.4, -0.2) is 6.61 Å². The van der Waals surface area contributed by atoms with E-state index in [9.17, 15) is 0 Å². The highest BCUT2D eigenvalue weighted by molar-refractivity contribution is 6.17. The number of alkyl halides is 2. The van der Waals surface area contributed by atoms with Gasteiger partial charge in [0.25, 0.3) is 0 Å². The standard InChI is InChI=1S/C14H20Cl2O/c1-2-3-4-5-8-17-14-9-12(10-15)6-7-13(14)11-16/h6-7,9H,2-5,8,10-11H2,1H3. The summed E-state index contributed by atoms with van der Waals surface area (Å²) in [5.41, 5.74) is 2.11. The summed E-state index contributed by atoms with van der Waals surface area (Å²) in [5, 5.41) is 0. The number of hydrogen-bond acceptors (Lipinski definition) is 1. The van der Waals surface area contributed by atoms with Crippen LogP contribution >= 0.6 is 23.2 Å². The van der Waals surface area contributed by atoms with Gasteiger partial charge < -0.3 is 4.74 Å². The van der Waals surface area contributed by atoms with Gasteiger partial charge in [-0.1, -0.05) is 38.3 Å². The second-order valence-electron chi connectivity index (χ2n) is 4.12. The molecule has 0 atom stereocenters. The molecule has 96 valence electrons. The second-order valence-corrected chi connectivity index (χ2v) is 4.65. The van der Waals surface area contributed by atoms with Crippen LogP contribution in [0.25, 0.3) is 0 Å². The topological polar surface area (TPSA) is 9.23 Å². The van der Waals surface area contributed by atoms with E-state index in [1.165, 1.54) is 19.3 Å². The molecule has 0 unspecified atom stereocenters. The van der Waals surface area contributed by atoms with Gasteiger partial charge >= 0.3 is 0 Å². The molecule has 0 aliphatic carbocycles. The summed E-state index contributed by atoms with van der Waals surface area (Å²) >= 11 is 11.7. The van der Waals surface area contributed by atoms with Crippen LogP contribution < -0.4 is 4.74 Å². The minimum absolute atomic E-state index is 0.479. The molecular weight excluding hydrogens is 255 g/mol. The van der Waals surface area contributed by atoms with E-state index in [1.54, 1.807) is 0 Å². The maximum atomic E-state index is 5.88. The molecule has 3 heteroatoms. The Labute approximate surface area is 114 Å². The van der Waals surface area contributed by atoms with Crippen molar-refractivity contribution in [2.75, 3.05) is 6.61 Å². The van der Waals surface area contributed by atoms with Crippen molar-refractivity contribution in [2.24, 2.45) is 0 Å². The Morgan fingerprint density at radius 1 is 1.06 bits per heavy atom. The van der Waals surface area contributed by atoms with Crippen LogP contribution in [0.3, 0.4) is 0 Å². The van der Waals surface area contributed by atoms with E-state index >= 15 is 0 Å². The van der Waals surface area contributed by atoms with E-state index < -0.39 is 0 Å². The molecule has 0 bridgehead atoms. The molecule has 1 aromatic rings. The van der Waals surface area contributed by atoms with Gasteiger partial charge in [-0.2, -0.15) is 0 Å². The van der Waals surface area contributed by atoms with Gasteiger partial charge in [0.1, 0.15) is 5.75 Å². The first kappa shape index (κ1) is 14.7. The van der Waals surface area contributed by atoms with Crippen LogP contribution in [0.5, 0.6) is 5.75 Å². The normalized spacial score (nSPS) is 10.5. The first-order chi connectivity index (χ1) is 8.31. The number of hydrogen-bond donors (Lipinski definition) is 0. The lowest BCUT2D eigenvalue weighted by Crippen LogP contribution is -2.00. The van der Waals surface area contributed by atoms with Crippen LogP contribution in [0.4, 0.5) is 0 Å². The summed E-state index contributed by atoms with van der Waals surface area (Å²) in [5.74, 6) is 1.87. The van der Waals surface area contributed by atoms with Crippen LogP contribution in [0.15, 0.2) is 18.2 Å². The maximum absolute atomic E-state index is 5.88. The first-order valence-corrected chi connectivity index (χ1v) is 7.25. The summed E-state index contributed by atoms with van der Waals surface area (Å²) < 4.78 is 5.77. The largest absolute Gasteiger partial charge is 0.493 e. The van der Waals surface area contributed by atoms with Gasteiger partial charge in [-0.25, -0.2) is 0 Å². The Balaban J connectivity index is 2.49. The SMILES string of the molecule is CCCCCCOc1cc(CCl)ccc1CCl. The van der Waals surface area contributed by atoms with Crippen molar-refractivity contribution >= 4 is 23.2 Å². The Kier molecular flexibility index (Phi) is 7.46. The predicted octanol–water partition coefficient (Wildman–Crippen LogP) is 5.12. The zero-order valence-corrected chi connectivity index (χ0v) is 11.9. The molecule has 17 heavy (non-hydrogen) atoms. The van der Waals surface area contributed by atoms with Crippen molar-refractivity contribution in [3.63, 3.8) is 0 Å². The monoisotopic (exact) mass is 274 g/mol. The molecular formula is C14H20Cl2O. The van der Waals surface area contributed by atoms with E-state index in [0.717, 1.165) is 29.9 Å². The van der Waals surface area contributed by atoms with Gasteiger partial charge in [-0.05, 0) is 18.1 Å². The average Bonchev–Trinajstić information content (AvgIpc) is 2.38. The fraction of sp³-hybridized carbons (Fsp3) is 0.571. The number of unbranched alkanes of at least 4 members (excludes halogenated alkanes) is 3. The average molecular weight is 275 g/mol. The third kappa shape index (κ3) is 5.18. The minimum Gasteiger partial charge on any atom is -0.493 e. The summed E-state index contributed by atoms with van der Waals surface area (Å²) in [6.45, 7) is 2.96. The first-order valence-electron chi connectivity index (χ1n) is 6.18. The molecule has 1 rings (SSSR count). The molecule has 0 saturated carbocycles. The summed E-state index contributed by atoms with van der Waals surface area (Å²) in [7, 11) is 0. The maximum Gasteiger partial charge on any atom is 0.124 e. The quantitative estimate of drug-likeness (QED) is 0.472. The van der Waals surface area contributed by atoms with Crippen LogP contribution in [0.2, 0.25) is 0 Å². The Bertz CT molecular complexity index is 326. The number of rotatable bonds is 8. The summed E-state index contributed by atoms with van der Waals surface area (Å²) in [6.07, 6.45) is 4.84. The van der Waals surface area contributed by atoms with E-state index in [0.29, 0.717) is 11.8 Å². The Morgan fingerprint density at radius 3 is 2.53 bits per heavy atom. The lowest BCUT2D eigenvalue weighted by Gasteiger charge is -2.11. The molecule has 0 heterocycles. The van der Waals surface area contributed by atoms with Crippen molar-refractivity contribution in [3.05, 3.63) is 29.3 Å². The van der Waals surface area contributed by atoms with E-state index in [1.807, 2.05) is 18.2 Å². The van der Waals surface area contributed by atoms with Crippen LogP contribution in [0.1, 0.15) is 43.7 Å². The van der Waals surface area contributed by atoms with E-state index in [2.05, 4.69) is 6.92 Å². The zero-order valence-electron chi connectivity index (χ0n) is 10.3. The van der Waals surface area contributed by atoms with Crippen molar-refractivity contribution in [3.8, 4) is 5.75 Å². The number of halogens is 2. The van der Waals surface area contributed by atoms with Crippen molar-refractivity contribution < 1.29 is 4.74 Å². The molecule has 0 N–H and O–H groups in total.